The summed E-state index contributed by atoms with van der Waals surface area (Å²) >= 11 is 7.09. The Hall–Kier alpha value is -1.20. The Morgan fingerprint density at radius 1 is 1.39 bits per heavy atom. The quantitative estimate of drug-likeness (QED) is 0.868. The summed E-state index contributed by atoms with van der Waals surface area (Å²) in [5, 5.41) is 5.15. The SMILES string of the molecule is CCN(CC)C(=S)Nc1ccc2nc(C)sc2c1. The Bertz CT molecular complexity index is 558. The highest BCUT2D eigenvalue weighted by molar-refractivity contribution is 7.80. The average Bonchev–Trinajstić information content (AvgIpc) is 2.70. The van der Waals surface area contributed by atoms with Crippen LogP contribution in [0.5, 0.6) is 0 Å². The van der Waals surface area contributed by atoms with Gasteiger partial charge in [0.05, 0.1) is 15.2 Å². The van der Waals surface area contributed by atoms with Gasteiger partial charge in [0, 0.05) is 18.8 Å². The number of nitrogens with zero attached hydrogens (tertiary/aromatic N) is 2. The van der Waals surface area contributed by atoms with Gasteiger partial charge in [0.2, 0.25) is 0 Å². The van der Waals surface area contributed by atoms with E-state index in [1.165, 1.54) is 4.70 Å². The number of anilines is 1. The molecule has 0 saturated heterocycles. The molecule has 1 heterocycles. The van der Waals surface area contributed by atoms with Crippen LogP contribution in [0, 0.1) is 6.92 Å². The van der Waals surface area contributed by atoms with Crippen LogP contribution in [0.2, 0.25) is 0 Å². The standard InChI is InChI=1S/C13H17N3S2/c1-4-16(5-2)13(17)15-10-6-7-11-12(8-10)18-9(3)14-11/h6-8H,4-5H2,1-3H3,(H,15,17). The van der Waals surface area contributed by atoms with Gasteiger partial charge in [0.25, 0.3) is 0 Å². The van der Waals surface area contributed by atoms with E-state index in [4.69, 9.17) is 12.2 Å². The van der Waals surface area contributed by atoms with E-state index in [9.17, 15) is 0 Å². The molecular formula is C13H17N3S2. The van der Waals surface area contributed by atoms with E-state index >= 15 is 0 Å². The van der Waals surface area contributed by atoms with Crippen molar-refractivity contribution in [2.75, 3.05) is 18.4 Å². The highest BCUT2D eigenvalue weighted by Gasteiger charge is 2.06. The molecule has 0 aliphatic rings. The molecule has 18 heavy (non-hydrogen) atoms. The zero-order valence-corrected chi connectivity index (χ0v) is 12.5. The maximum absolute atomic E-state index is 5.39. The van der Waals surface area contributed by atoms with Gasteiger partial charge in [-0.25, -0.2) is 4.98 Å². The molecule has 1 aromatic heterocycles. The predicted octanol–water partition coefficient (Wildman–Crippen LogP) is 3.64. The second-order valence-electron chi connectivity index (χ2n) is 4.02. The van der Waals surface area contributed by atoms with Gasteiger partial charge < -0.3 is 10.2 Å². The topological polar surface area (TPSA) is 28.2 Å². The lowest BCUT2D eigenvalue weighted by molar-refractivity contribution is 0.473. The zero-order chi connectivity index (χ0) is 13.1. The number of thiocarbonyl (C=S) groups is 1. The van der Waals surface area contributed by atoms with Crippen LogP contribution in [0.15, 0.2) is 18.2 Å². The summed E-state index contributed by atoms with van der Waals surface area (Å²) < 4.78 is 1.19. The number of hydrogen-bond acceptors (Lipinski definition) is 3. The number of fused-ring (bicyclic) bond motifs is 1. The van der Waals surface area contributed by atoms with Crippen molar-refractivity contribution in [1.82, 2.24) is 9.88 Å². The molecule has 0 radical (unpaired) electrons. The van der Waals surface area contributed by atoms with Crippen molar-refractivity contribution in [3.8, 4) is 0 Å². The van der Waals surface area contributed by atoms with Crippen molar-refractivity contribution in [3.05, 3.63) is 23.2 Å². The van der Waals surface area contributed by atoms with Crippen LogP contribution in [0.3, 0.4) is 0 Å². The first kappa shape index (κ1) is 13.2. The Labute approximate surface area is 117 Å². The van der Waals surface area contributed by atoms with Gasteiger partial charge in [-0.2, -0.15) is 0 Å². The van der Waals surface area contributed by atoms with Crippen LogP contribution in [-0.2, 0) is 0 Å². The smallest absolute Gasteiger partial charge is 0.173 e. The fourth-order valence-electron chi connectivity index (χ4n) is 1.83. The van der Waals surface area contributed by atoms with Crippen LogP contribution < -0.4 is 5.32 Å². The lowest BCUT2D eigenvalue weighted by atomic mass is 10.3. The molecule has 2 aromatic rings. The zero-order valence-electron chi connectivity index (χ0n) is 10.9. The number of benzene rings is 1. The fraction of sp³-hybridized carbons (Fsp3) is 0.385. The Balaban J connectivity index is 2.18. The molecule has 1 N–H and O–H groups in total. The van der Waals surface area contributed by atoms with Gasteiger partial charge in [0.1, 0.15) is 0 Å². The van der Waals surface area contributed by atoms with Gasteiger partial charge >= 0.3 is 0 Å². The minimum atomic E-state index is 0.778. The van der Waals surface area contributed by atoms with Crippen molar-refractivity contribution >= 4 is 44.6 Å². The molecule has 3 nitrogen and oxygen atoms in total. The monoisotopic (exact) mass is 279 g/mol. The fourth-order valence-corrected chi connectivity index (χ4v) is 3.07. The van der Waals surface area contributed by atoms with Crippen molar-refractivity contribution in [3.63, 3.8) is 0 Å². The normalized spacial score (nSPS) is 10.6. The lowest BCUT2D eigenvalue weighted by Gasteiger charge is -2.22. The summed E-state index contributed by atoms with van der Waals surface area (Å²) in [5.41, 5.74) is 2.08. The van der Waals surface area contributed by atoms with E-state index in [2.05, 4.69) is 35.1 Å². The van der Waals surface area contributed by atoms with Gasteiger partial charge in [-0.15, -0.1) is 11.3 Å². The maximum Gasteiger partial charge on any atom is 0.173 e. The van der Waals surface area contributed by atoms with Gasteiger partial charge in [-0.1, -0.05) is 0 Å². The molecule has 0 atom stereocenters. The molecular weight excluding hydrogens is 262 g/mol. The molecule has 0 aliphatic carbocycles. The Morgan fingerprint density at radius 2 is 2.11 bits per heavy atom. The molecule has 0 unspecified atom stereocenters. The molecule has 0 amide bonds. The Morgan fingerprint density at radius 3 is 2.78 bits per heavy atom. The van der Waals surface area contributed by atoms with Gasteiger partial charge in [0.15, 0.2) is 5.11 Å². The lowest BCUT2D eigenvalue weighted by Crippen LogP contribution is -2.34. The molecule has 1 aromatic carbocycles. The van der Waals surface area contributed by atoms with Crippen molar-refractivity contribution < 1.29 is 0 Å². The number of aromatic nitrogens is 1. The second kappa shape index (κ2) is 5.63. The van der Waals surface area contributed by atoms with Crippen LogP contribution in [-0.4, -0.2) is 28.1 Å². The van der Waals surface area contributed by atoms with Crippen LogP contribution in [0.4, 0.5) is 5.69 Å². The number of thiazole rings is 1. The molecule has 0 fully saturated rings. The summed E-state index contributed by atoms with van der Waals surface area (Å²) in [5.74, 6) is 0. The summed E-state index contributed by atoms with van der Waals surface area (Å²) in [6.45, 7) is 8.08. The largest absolute Gasteiger partial charge is 0.350 e. The molecule has 2 rings (SSSR count). The van der Waals surface area contributed by atoms with Crippen molar-refractivity contribution in [2.24, 2.45) is 0 Å². The first-order valence-corrected chi connectivity index (χ1v) is 7.29. The second-order valence-corrected chi connectivity index (χ2v) is 5.64. The highest BCUT2D eigenvalue weighted by Crippen LogP contribution is 2.24. The van der Waals surface area contributed by atoms with E-state index in [0.717, 1.165) is 34.4 Å². The van der Waals surface area contributed by atoms with E-state index in [0.29, 0.717) is 0 Å². The first-order valence-electron chi connectivity index (χ1n) is 6.07. The van der Waals surface area contributed by atoms with Gasteiger partial charge in [-0.3, -0.25) is 0 Å². The molecule has 0 aliphatic heterocycles. The summed E-state index contributed by atoms with van der Waals surface area (Å²) in [4.78, 5) is 6.57. The molecule has 0 bridgehead atoms. The summed E-state index contributed by atoms with van der Waals surface area (Å²) in [7, 11) is 0. The average molecular weight is 279 g/mol. The van der Waals surface area contributed by atoms with Crippen LogP contribution in [0.1, 0.15) is 18.9 Å². The van der Waals surface area contributed by atoms with E-state index in [1.807, 2.05) is 19.1 Å². The van der Waals surface area contributed by atoms with Gasteiger partial charge in [-0.05, 0) is 51.2 Å². The molecule has 0 spiro atoms. The molecule has 5 heteroatoms. The minimum absolute atomic E-state index is 0.778. The first-order chi connectivity index (χ1) is 8.63. The number of hydrogen-bond donors (Lipinski definition) is 1. The van der Waals surface area contributed by atoms with Crippen molar-refractivity contribution in [2.45, 2.75) is 20.8 Å². The number of aryl methyl sites for hydroxylation is 1. The predicted molar refractivity (Wildman–Crippen MR) is 83.5 cm³/mol. The highest BCUT2D eigenvalue weighted by atomic mass is 32.1. The van der Waals surface area contributed by atoms with E-state index < -0.39 is 0 Å². The number of nitrogens with one attached hydrogen (secondary N) is 1. The molecule has 0 saturated carbocycles. The summed E-state index contributed by atoms with van der Waals surface area (Å²) in [6.07, 6.45) is 0. The Kier molecular flexibility index (Phi) is 4.14. The van der Waals surface area contributed by atoms with Crippen LogP contribution in [0.25, 0.3) is 10.2 Å². The number of rotatable bonds is 3. The summed E-state index contributed by atoms with van der Waals surface area (Å²) in [6, 6.07) is 6.17. The third kappa shape index (κ3) is 2.79. The minimum Gasteiger partial charge on any atom is -0.350 e. The van der Waals surface area contributed by atoms with E-state index in [1.54, 1.807) is 11.3 Å². The molecule has 96 valence electrons. The van der Waals surface area contributed by atoms with Crippen molar-refractivity contribution in [1.29, 1.82) is 0 Å². The third-order valence-corrected chi connectivity index (χ3v) is 4.09. The maximum atomic E-state index is 5.39. The van der Waals surface area contributed by atoms with E-state index in [-0.39, 0.29) is 0 Å². The third-order valence-electron chi connectivity index (χ3n) is 2.80. The van der Waals surface area contributed by atoms with Crippen LogP contribution >= 0.6 is 23.6 Å².